The molecule has 0 bridgehead atoms. The highest BCUT2D eigenvalue weighted by molar-refractivity contribution is 7.91. The molecule has 178 valence electrons. The van der Waals surface area contributed by atoms with Crippen molar-refractivity contribution in [3.05, 3.63) is 65.7 Å². The van der Waals surface area contributed by atoms with Gasteiger partial charge in [0, 0.05) is 45.3 Å². The van der Waals surface area contributed by atoms with Crippen LogP contribution < -0.4 is 4.74 Å². The number of carbonyl (C=O) groups is 1. The topological polar surface area (TPSA) is 70.2 Å². The molecule has 2 aliphatic rings. The Hall–Kier alpha value is -2.42. The van der Waals surface area contributed by atoms with Gasteiger partial charge in [0.05, 0.1) is 25.2 Å². The summed E-state index contributed by atoms with van der Waals surface area (Å²) in [6.45, 7) is 5.11. The van der Waals surface area contributed by atoms with Gasteiger partial charge in [0.15, 0.2) is 9.84 Å². The minimum absolute atomic E-state index is 0.0181. The second-order valence-corrected chi connectivity index (χ2v) is 11.2. The molecule has 2 fully saturated rings. The number of benzene rings is 2. The molecule has 0 unspecified atom stereocenters. The Bertz CT molecular complexity index is 1020. The van der Waals surface area contributed by atoms with Crippen LogP contribution in [0.15, 0.2) is 54.6 Å². The molecule has 33 heavy (non-hydrogen) atoms. The normalized spacial score (nSPS) is 21.1. The molecule has 0 saturated carbocycles. The van der Waals surface area contributed by atoms with Crippen molar-refractivity contribution in [3.63, 3.8) is 0 Å². The van der Waals surface area contributed by atoms with Gasteiger partial charge in [-0.1, -0.05) is 42.5 Å². The van der Waals surface area contributed by atoms with Crippen LogP contribution in [0.5, 0.6) is 5.75 Å². The van der Waals surface area contributed by atoms with E-state index in [1.165, 1.54) is 5.56 Å². The predicted molar refractivity (Wildman–Crippen MR) is 129 cm³/mol. The molecule has 2 aliphatic heterocycles. The number of carbonyl (C=O) groups excluding carboxylic acids is 1. The van der Waals surface area contributed by atoms with Gasteiger partial charge in [0.25, 0.3) is 0 Å². The van der Waals surface area contributed by atoms with Crippen molar-refractivity contribution in [3.8, 4) is 5.75 Å². The summed E-state index contributed by atoms with van der Waals surface area (Å²) in [6.07, 6.45) is 0.524. The molecule has 0 radical (unpaired) electrons. The van der Waals surface area contributed by atoms with Crippen molar-refractivity contribution in [1.82, 2.24) is 14.7 Å². The first-order valence-corrected chi connectivity index (χ1v) is 13.4. The van der Waals surface area contributed by atoms with Gasteiger partial charge in [-0.25, -0.2) is 8.42 Å². The summed E-state index contributed by atoms with van der Waals surface area (Å²) in [5.74, 6) is 1.11. The first kappa shape index (κ1) is 23.7. The van der Waals surface area contributed by atoms with Gasteiger partial charge >= 0.3 is 0 Å². The van der Waals surface area contributed by atoms with Crippen LogP contribution in [0.4, 0.5) is 0 Å². The molecule has 2 saturated heterocycles. The average molecular weight is 472 g/mol. The SMILES string of the molecule is COc1ccc(CN2CCN(CC(=O)N(Cc3ccccc3)[C@H]3CCS(=O)(=O)C3)CC2)cc1. The molecule has 0 aromatic heterocycles. The fraction of sp³-hybridized carbons (Fsp3) is 0.480. The highest BCUT2D eigenvalue weighted by Gasteiger charge is 2.35. The Labute approximate surface area is 196 Å². The van der Waals surface area contributed by atoms with Crippen LogP contribution in [0.25, 0.3) is 0 Å². The Morgan fingerprint density at radius 3 is 2.24 bits per heavy atom. The molecular formula is C25H33N3O4S. The van der Waals surface area contributed by atoms with Gasteiger partial charge in [-0.2, -0.15) is 0 Å². The standard InChI is InChI=1S/C25H33N3O4S/c1-32-24-9-7-22(8-10-24)17-26-12-14-27(15-13-26)19-25(29)28(18-21-5-3-2-4-6-21)23-11-16-33(30,31)20-23/h2-10,23H,11-20H2,1H3/t23-/m0/s1. The smallest absolute Gasteiger partial charge is 0.237 e. The molecule has 0 N–H and O–H groups in total. The van der Waals surface area contributed by atoms with Crippen molar-refractivity contribution in [2.75, 3.05) is 51.3 Å². The lowest BCUT2D eigenvalue weighted by atomic mass is 10.1. The van der Waals surface area contributed by atoms with Crippen molar-refractivity contribution in [2.24, 2.45) is 0 Å². The van der Waals surface area contributed by atoms with Gasteiger partial charge < -0.3 is 9.64 Å². The summed E-state index contributed by atoms with van der Waals surface area (Å²) in [5.41, 5.74) is 2.27. The van der Waals surface area contributed by atoms with Crippen LogP contribution in [-0.2, 0) is 27.7 Å². The first-order valence-electron chi connectivity index (χ1n) is 11.5. The van der Waals surface area contributed by atoms with E-state index >= 15 is 0 Å². The number of piperazine rings is 1. The van der Waals surface area contributed by atoms with Crippen LogP contribution >= 0.6 is 0 Å². The van der Waals surface area contributed by atoms with E-state index in [0.29, 0.717) is 19.5 Å². The van der Waals surface area contributed by atoms with E-state index in [4.69, 9.17) is 4.74 Å². The molecule has 1 atom stereocenters. The van der Waals surface area contributed by atoms with Gasteiger partial charge in [-0.3, -0.25) is 14.6 Å². The number of rotatable bonds is 8. The van der Waals surface area contributed by atoms with E-state index in [9.17, 15) is 13.2 Å². The molecule has 7 nitrogen and oxygen atoms in total. The van der Waals surface area contributed by atoms with Crippen LogP contribution in [0.2, 0.25) is 0 Å². The Balaban J connectivity index is 1.33. The largest absolute Gasteiger partial charge is 0.497 e. The highest BCUT2D eigenvalue weighted by atomic mass is 32.2. The average Bonchev–Trinajstić information content (AvgIpc) is 3.19. The van der Waals surface area contributed by atoms with Gasteiger partial charge in [0.2, 0.25) is 5.91 Å². The van der Waals surface area contributed by atoms with E-state index < -0.39 is 9.84 Å². The third-order valence-electron chi connectivity index (χ3n) is 6.55. The lowest BCUT2D eigenvalue weighted by Gasteiger charge is -2.36. The molecule has 0 spiro atoms. The number of amides is 1. The zero-order valence-electron chi connectivity index (χ0n) is 19.2. The zero-order valence-corrected chi connectivity index (χ0v) is 20.0. The predicted octanol–water partition coefficient (Wildman–Crippen LogP) is 2.03. The van der Waals surface area contributed by atoms with Crippen LogP contribution in [0, 0.1) is 0 Å². The quantitative estimate of drug-likeness (QED) is 0.587. The first-order chi connectivity index (χ1) is 15.9. The van der Waals surface area contributed by atoms with E-state index in [1.54, 1.807) is 12.0 Å². The van der Waals surface area contributed by atoms with Crippen molar-refractivity contribution >= 4 is 15.7 Å². The van der Waals surface area contributed by atoms with Gasteiger partial charge in [-0.15, -0.1) is 0 Å². The van der Waals surface area contributed by atoms with Crippen molar-refractivity contribution < 1.29 is 17.9 Å². The minimum atomic E-state index is -3.06. The Morgan fingerprint density at radius 2 is 1.64 bits per heavy atom. The Morgan fingerprint density at radius 1 is 0.970 bits per heavy atom. The Kier molecular flexibility index (Phi) is 7.67. The van der Waals surface area contributed by atoms with Crippen molar-refractivity contribution in [2.45, 2.75) is 25.6 Å². The fourth-order valence-electron chi connectivity index (χ4n) is 4.60. The number of ether oxygens (including phenoxy) is 1. The summed E-state index contributed by atoms with van der Waals surface area (Å²) in [5, 5.41) is 0. The molecule has 2 aromatic rings. The molecule has 2 heterocycles. The van der Waals surface area contributed by atoms with Crippen LogP contribution in [0.1, 0.15) is 17.5 Å². The maximum absolute atomic E-state index is 13.3. The van der Waals surface area contributed by atoms with Crippen LogP contribution in [0.3, 0.4) is 0 Å². The maximum atomic E-state index is 13.3. The monoisotopic (exact) mass is 471 g/mol. The second kappa shape index (κ2) is 10.7. The molecule has 2 aromatic carbocycles. The third kappa shape index (κ3) is 6.56. The number of methoxy groups -OCH3 is 1. The van der Waals surface area contributed by atoms with E-state index in [-0.39, 0.29) is 23.5 Å². The fourth-order valence-corrected chi connectivity index (χ4v) is 6.33. The van der Waals surface area contributed by atoms with Crippen LogP contribution in [-0.4, -0.2) is 86.4 Å². The molecule has 0 aliphatic carbocycles. The number of sulfone groups is 1. The lowest BCUT2D eigenvalue weighted by molar-refractivity contribution is -0.135. The molecule has 1 amide bonds. The molecule has 8 heteroatoms. The van der Waals surface area contributed by atoms with E-state index in [0.717, 1.165) is 44.0 Å². The summed E-state index contributed by atoms with van der Waals surface area (Å²) < 4.78 is 29.4. The summed E-state index contributed by atoms with van der Waals surface area (Å²) >= 11 is 0. The zero-order chi connectivity index (χ0) is 23.3. The maximum Gasteiger partial charge on any atom is 0.237 e. The second-order valence-electron chi connectivity index (χ2n) is 8.96. The summed E-state index contributed by atoms with van der Waals surface area (Å²) in [7, 11) is -1.39. The highest BCUT2D eigenvalue weighted by Crippen LogP contribution is 2.21. The van der Waals surface area contributed by atoms with E-state index in [1.807, 2.05) is 42.5 Å². The minimum Gasteiger partial charge on any atom is -0.497 e. The van der Waals surface area contributed by atoms with E-state index in [2.05, 4.69) is 21.9 Å². The molecule has 4 rings (SSSR count). The number of hydrogen-bond donors (Lipinski definition) is 0. The summed E-state index contributed by atoms with van der Waals surface area (Å²) in [4.78, 5) is 19.7. The molecular weight excluding hydrogens is 438 g/mol. The van der Waals surface area contributed by atoms with Gasteiger partial charge in [-0.05, 0) is 29.7 Å². The lowest BCUT2D eigenvalue weighted by Crippen LogP contribution is -2.51. The number of hydrogen-bond acceptors (Lipinski definition) is 6. The summed E-state index contributed by atoms with van der Waals surface area (Å²) in [6, 6.07) is 17.7. The van der Waals surface area contributed by atoms with Gasteiger partial charge in [0.1, 0.15) is 5.75 Å². The third-order valence-corrected chi connectivity index (χ3v) is 8.30. The number of nitrogens with zero attached hydrogens (tertiary/aromatic N) is 3. The van der Waals surface area contributed by atoms with Crippen molar-refractivity contribution in [1.29, 1.82) is 0 Å².